The van der Waals surface area contributed by atoms with Crippen molar-refractivity contribution in [3.63, 3.8) is 0 Å². The third-order valence-electron chi connectivity index (χ3n) is 3.47. The highest BCUT2D eigenvalue weighted by atomic mass is 15.0. The molecule has 70 valence electrons. The van der Waals surface area contributed by atoms with E-state index in [1.54, 1.807) is 0 Å². The quantitative estimate of drug-likeness (QED) is 0.581. The summed E-state index contributed by atoms with van der Waals surface area (Å²) in [5.41, 5.74) is 4.64. The minimum atomic E-state index is 0.321. The topological polar surface area (TPSA) is 16.6 Å². The van der Waals surface area contributed by atoms with E-state index in [4.69, 9.17) is 0 Å². The lowest BCUT2D eigenvalue weighted by atomic mass is 9.81. The molecule has 1 aliphatic heterocycles. The van der Waals surface area contributed by atoms with E-state index in [0.29, 0.717) is 11.5 Å². The standard InChI is InChI=1S/C12H17N/c1-8-5-6-11-10(7-8)12(3,4)9(2)13-11/h5-7,9,13H,1-4H3/p+1. The molecule has 1 nitrogen and oxygen atoms in total. The minimum Gasteiger partial charge on any atom is -0.311 e. The Hall–Kier alpha value is -0.820. The predicted molar refractivity (Wildman–Crippen MR) is 55.3 cm³/mol. The van der Waals surface area contributed by atoms with Crippen LogP contribution in [0.2, 0.25) is 0 Å². The van der Waals surface area contributed by atoms with Crippen molar-refractivity contribution in [3.8, 4) is 0 Å². The van der Waals surface area contributed by atoms with Gasteiger partial charge in [0.05, 0.1) is 6.04 Å². The van der Waals surface area contributed by atoms with Crippen LogP contribution in [0, 0.1) is 6.92 Å². The van der Waals surface area contributed by atoms with E-state index >= 15 is 0 Å². The molecule has 0 spiro atoms. The highest BCUT2D eigenvalue weighted by molar-refractivity contribution is 5.49. The van der Waals surface area contributed by atoms with E-state index < -0.39 is 0 Å². The summed E-state index contributed by atoms with van der Waals surface area (Å²) in [6.45, 7) is 9.13. The number of quaternary nitrogens is 1. The molecule has 0 radical (unpaired) electrons. The number of aryl methyl sites for hydroxylation is 1. The second kappa shape index (κ2) is 2.58. The van der Waals surface area contributed by atoms with Crippen LogP contribution in [-0.4, -0.2) is 6.04 Å². The average Bonchev–Trinajstić information content (AvgIpc) is 2.27. The van der Waals surface area contributed by atoms with Gasteiger partial charge in [0.1, 0.15) is 5.69 Å². The molecule has 0 saturated carbocycles. The maximum atomic E-state index is 2.38. The third kappa shape index (κ3) is 1.19. The zero-order valence-corrected chi connectivity index (χ0v) is 8.89. The van der Waals surface area contributed by atoms with Crippen LogP contribution in [0.1, 0.15) is 31.9 Å². The maximum Gasteiger partial charge on any atom is 0.133 e. The number of hydrogen-bond donors (Lipinski definition) is 1. The van der Waals surface area contributed by atoms with Gasteiger partial charge in [-0.25, -0.2) is 0 Å². The fourth-order valence-corrected chi connectivity index (χ4v) is 2.10. The zero-order valence-electron chi connectivity index (χ0n) is 8.89. The lowest BCUT2D eigenvalue weighted by Gasteiger charge is -2.20. The first-order valence-electron chi connectivity index (χ1n) is 4.98. The molecule has 0 aliphatic carbocycles. The van der Waals surface area contributed by atoms with Crippen molar-refractivity contribution in [2.24, 2.45) is 0 Å². The van der Waals surface area contributed by atoms with Gasteiger partial charge in [0, 0.05) is 11.0 Å². The highest BCUT2D eigenvalue weighted by Crippen LogP contribution is 2.34. The van der Waals surface area contributed by atoms with E-state index in [-0.39, 0.29) is 0 Å². The Kier molecular flexibility index (Phi) is 1.74. The van der Waals surface area contributed by atoms with Crippen molar-refractivity contribution in [2.75, 3.05) is 0 Å². The number of nitrogens with two attached hydrogens (primary N) is 1. The molecule has 2 N–H and O–H groups in total. The lowest BCUT2D eigenvalue weighted by molar-refractivity contribution is -0.604. The van der Waals surface area contributed by atoms with Gasteiger partial charge in [-0.05, 0) is 39.8 Å². The van der Waals surface area contributed by atoms with Gasteiger partial charge in [-0.3, -0.25) is 0 Å². The van der Waals surface area contributed by atoms with Crippen LogP contribution >= 0.6 is 0 Å². The van der Waals surface area contributed by atoms with Gasteiger partial charge in [-0.2, -0.15) is 0 Å². The first-order valence-corrected chi connectivity index (χ1v) is 4.98. The normalized spacial score (nSPS) is 24.5. The van der Waals surface area contributed by atoms with Crippen molar-refractivity contribution in [3.05, 3.63) is 29.3 Å². The molecule has 0 amide bonds. The summed E-state index contributed by atoms with van der Waals surface area (Å²) in [5.74, 6) is 0. The van der Waals surface area contributed by atoms with E-state index in [1.165, 1.54) is 16.8 Å². The summed E-state index contributed by atoms with van der Waals surface area (Å²) in [4.78, 5) is 0. The number of benzene rings is 1. The van der Waals surface area contributed by atoms with Gasteiger partial charge in [-0.15, -0.1) is 0 Å². The van der Waals surface area contributed by atoms with Crippen molar-refractivity contribution < 1.29 is 5.32 Å². The van der Waals surface area contributed by atoms with Gasteiger partial charge in [0.25, 0.3) is 0 Å². The Morgan fingerprint density at radius 2 is 2.00 bits per heavy atom. The lowest BCUT2D eigenvalue weighted by Crippen LogP contribution is -2.83. The average molecular weight is 176 g/mol. The van der Waals surface area contributed by atoms with E-state index in [2.05, 4.69) is 51.2 Å². The minimum absolute atomic E-state index is 0.321. The van der Waals surface area contributed by atoms with Gasteiger partial charge in [0.15, 0.2) is 0 Å². The molecule has 1 aromatic carbocycles. The Labute approximate surface area is 80.2 Å². The summed E-state index contributed by atoms with van der Waals surface area (Å²) in [6, 6.07) is 7.43. The Balaban J connectivity index is 2.57. The van der Waals surface area contributed by atoms with Gasteiger partial charge < -0.3 is 5.32 Å². The zero-order chi connectivity index (χ0) is 9.64. The predicted octanol–water partition coefficient (Wildman–Crippen LogP) is 1.87. The first kappa shape index (κ1) is 8.76. The molecular weight excluding hydrogens is 158 g/mol. The van der Waals surface area contributed by atoms with Crippen LogP contribution in [0.3, 0.4) is 0 Å². The Morgan fingerprint density at radius 3 is 2.69 bits per heavy atom. The molecule has 1 unspecified atom stereocenters. The molecule has 1 heteroatoms. The highest BCUT2D eigenvalue weighted by Gasteiger charge is 2.40. The van der Waals surface area contributed by atoms with Crippen molar-refractivity contribution >= 4 is 5.69 Å². The molecule has 0 aromatic heterocycles. The van der Waals surface area contributed by atoms with Gasteiger partial charge >= 0.3 is 0 Å². The Bertz CT molecular complexity index is 339. The van der Waals surface area contributed by atoms with Gasteiger partial charge in [-0.1, -0.05) is 11.6 Å². The van der Waals surface area contributed by atoms with Crippen LogP contribution in [0.25, 0.3) is 0 Å². The second-order valence-electron chi connectivity index (χ2n) is 4.77. The summed E-state index contributed by atoms with van der Waals surface area (Å²) in [7, 11) is 0. The van der Waals surface area contributed by atoms with Crippen molar-refractivity contribution in [1.29, 1.82) is 0 Å². The van der Waals surface area contributed by atoms with E-state index in [1.807, 2.05) is 0 Å². The number of rotatable bonds is 0. The van der Waals surface area contributed by atoms with Crippen LogP contribution in [0.5, 0.6) is 0 Å². The second-order valence-corrected chi connectivity index (χ2v) is 4.77. The third-order valence-corrected chi connectivity index (χ3v) is 3.47. The smallest absolute Gasteiger partial charge is 0.133 e. The van der Waals surface area contributed by atoms with Crippen LogP contribution in [-0.2, 0) is 5.41 Å². The van der Waals surface area contributed by atoms with Crippen LogP contribution in [0.15, 0.2) is 18.2 Å². The first-order chi connectivity index (χ1) is 6.01. The van der Waals surface area contributed by atoms with Crippen LogP contribution in [0.4, 0.5) is 5.69 Å². The largest absolute Gasteiger partial charge is 0.311 e. The van der Waals surface area contributed by atoms with Crippen molar-refractivity contribution in [2.45, 2.75) is 39.2 Å². The molecule has 0 bridgehead atoms. The maximum absolute atomic E-state index is 2.38. The van der Waals surface area contributed by atoms with E-state index in [9.17, 15) is 0 Å². The fraction of sp³-hybridized carbons (Fsp3) is 0.500. The van der Waals surface area contributed by atoms with E-state index in [0.717, 1.165) is 0 Å². The molecule has 0 saturated heterocycles. The Morgan fingerprint density at radius 1 is 1.31 bits per heavy atom. The summed E-state index contributed by atoms with van der Waals surface area (Å²) >= 11 is 0. The molecule has 1 aromatic rings. The van der Waals surface area contributed by atoms with Crippen LogP contribution < -0.4 is 5.32 Å². The molecule has 0 fully saturated rings. The molecule has 1 aliphatic rings. The SMILES string of the molecule is Cc1ccc2c(c1)C(C)(C)C(C)[NH2+]2. The molecule has 2 rings (SSSR count). The molecular formula is C12H18N+. The summed E-state index contributed by atoms with van der Waals surface area (Å²) < 4.78 is 0. The van der Waals surface area contributed by atoms with Gasteiger partial charge in [0.2, 0.25) is 0 Å². The summed E-state index contributed by atoms with van der Waals surface area (Å²) in [5, 5.41) is 2.38. The monoisotopic (exact) mass is 176 g/mol. The fourth-order valence-electron chi connectivity index (χ4n) is 2.10. The molecule has 1 heterocycles. The summed E-state index contributed by atoms with van der Waals surface area (Å²) in [6.07, 6.45) is 0. The van der Waals surface area contributed by atoms with Crippen molar-refractivity contribution in [1.82, 2.24) is 0 Å². The molecule has 13 heavy (non-hydrogen) atoms. The number of fused-ring (bicyclic) bond motifs is 1. The number of hydrogen-bond acceptors (Lipinski definition) is 0. The molecule has 1 atom stereocenters.